The molecule has 10 aromatic rings. The topological polar surface area (TPSA) is 36.7 Å². The lowest BCUT2D eigenvalue weighted by Crippen LogP contribution is -1.95. The van der Waals surface area contributed by atoms with E-state index in [9.17, 15) is 5.26 Å². The molecule has 0 aliphatic heterocycles. The van der Waals surface area contributed by atoms with Gasteiger partial charge in [0.15, 0.2) is 0 Å². The fourth-order valence-corrected chi connectivity index (χ4v) is 7.95. The van der Waals surface area contributed by atoms with E-state index >= 15 is 0 Å². The van der Waals surface area contributed by atoms with Gasteiger partial charge in [0.1, 0.15) is 0 Å². The summed E-state index contributed by atoms with van der Waals surface area (Å²) < 4.78 is 0. The average molecular weight is 633 g/mol. The fourth-order valence-electron chi connectivity index (χ4n) is 7.95. The van der Waals surface area contributed by atoms with E-state index < -0.39 is 0 Å². The van der Waals surface area contributed by atoms with E-state index in [0.29, 0.717) is 5.56 Å². The summed E-state index contributed by atoms with van der Waals surface area (Å²) in [4.78, 5) is 5.42. The van der Waals surface area contributed by atoms with Crippen molar-refractivity contribution in [3.05, 3.63) is 175 Å². The first kappa shape index (κ1) is 28.2. The third kappa shape index (κ3) is 4.31. The Kier molecular flexibility index (Phi) is 6.28. The van der Waals surface area contributed by atoms with Gasteiger partial charge < -0.3 is 0 Å². The minimum Gasteiger partial charge on any atom is -0.247 e. The number of hydrogen-bond acceptors (Lipinski definition) is 2. The fraction of sp³-hybridized carbons (Fsp3) is 0. The molecule has 2 heteroatoms. The van der Waals surface area contributed by atoms with Crippen LogP contribution in [0.4, 0.5) is 0 Å². The van der Waals surface area contributed by atoms with Crippen LogP contribution in [0.15, 0.2) is 170 Å². The first-order valence-corrected chi connectivity index (χ1v) is 16.9. The highest BCUT2D eigenvalue weighted by molar-refractivity contribution is 6.23. The zero-order valence-corrected chi connectivity index (χ0v) is 27.1. The second-order valence-corrected chi connectivity index (χ2v) is 13.0. The van der Waals surface area contributed by atoms with Crippen LogP contribution in [-0.4, -0.2) is 4.98 Å². The quantitative estimate of drug-likeness (QED) is 0.182. The van der Waals surface area contributed by atoms with Gasteiger partial charge in [-0.25, -0.2) is 4.98 Å². The van der Waals surface area contributed by atoms with Crippen LogP contribution in [0.2, 0.25) is 0 Å². The summed E-state index contributed by atoms with van der Waals surface area (Å²) in [5.41, 5.74) is 7.99. The predicted molar refractivity (Wildman–Crippen MR) is 210 cm³/mol. The molecule has 0 unspecified atom stereocenters. The van der Waals surface area contributed by atoms with Gasteiger partial charge in [0.25, 0.3) is 0 Å². The molecular formula is C48H28N2. The molecule has 0 atom stereocenters. The predicted octanol–water partition coefficient (Wildman–Crippen LogP) is 12.9. The molecule has 1 heterocycles. The van der Waals surface area contributed by atoms with Crippen LogP contribution in [-0.2, 0) is 0 Å². The van der Waals surface area contributed by atoms with Crippen LogP contribution in [0.5, 0.6) is 0 Å². The third-order valence-electron chi connectivity index (χ3n) is 10.2. The Morgan fingerprint density at radius 1 is 0.360 bits per heavy atom. The highest BCUT2D eigenvalue weighted by Crippen LogP contribution is 2.45. The summed E-state index contributed by atoms with van der Waals surface area (Å²) >= 11 is 0. The van der Waals surface area contributed by atoms with E-state index in [0.717, 1.165) is 44.1 Å². The van der Waals surface area contributed by atoms with Crippen LogP contribution in [0.25, 0.3) is 98.3 Å². The molecule has 0 bridgehead atoms. The molecule has 9 aromatic carbocycles. The van der Waals surface area contributed by atoms with Gasteiger partial charge in [-0.05, 0) is 107 Å². The number of hydrogen-bond donors (Lipinski definition) is 0. The van der Waals surface area contributed by atoms with Crippen molar-refractivity contribution in [3.8, 4) is 39.6 Å². The number of benzene rings is 9. The van der Waals surface area contributed by atoms with Gasteiger partial charge in [-0.15, -0.1) is 0 Å². The monoisotopic (exact) mass is 632 g/mol. The lowest BCUT2D eigenvalue weighted by Gasteiger charge is -2.19. The number of fused-ring (bicyclic) bond motifs is 9. The van der Waals surface area contributed by atoms with Gasteiger partial charge in [-0.3, -0.25) is 0 Å². The van der Waals surface area contributed by atoms with Gasteiger partial charge in [-0.2, -0.15) is 5.26 Å². The van der Waals surface area contributed by atoms with Gasteiger partial charge in [-0.1, -0.05) is 133 Å². The Labute approximate surface area is 289 Å². The standard InChI is InChI=1S/C48H28N2/c49-29-30-12-11-15-33(24-30)47-28-45(43-26-32-14-2-4-17-35(32)37-19-6-8-21-39(37)43)46-27-44(40-22-9-10-23-41(40)48(46)50-47)42-25-31-13-1-3-16-34(31)36-18-5-7-20-38(36)42/h1-28H. The van der Waals surface area contributed by atoms with E-state index in [1.807, 2.05) is 18.2 Å². The number of nitrogens with zero attached hydrogens (tertiary/aromatic N) is 2. The Morgan fingerprint density at radius 2 is 0.820 bits per heavy atom. The molecule has 0 spiro atoms. The van der Waals surface area contributed by atoms with Crippen molar-refractivity contribution in [2.45, 2.75) is 0 Å². The summed E-state index contributed by atoms with van der Waals surface area (Å²) in [6.07, 6.45) is 0. The zero-order valence-electron chi connectivity index (χ0n) is 27.1. The minimum absolute atomic E-state index is 0.616. The van der Waals surface area contributed by atoms with E-state index in [2.05, 4.69) is 158 Å². The summed E-state index contributed by atoms with van der Waals surface area (Å²) in [7, 11) is 0. The Bertz CT molecular complexity index is 3060. The average Bonchev–Trinajstić information content (AvgIpc) is 3.19. The smallest absolute Gasteiger partial charge is 0.0991 e. The number of nitriles is 1. The van der Waals surface area contributed by atoms with E-state index in [-0.39, 0.29) is 0 Å². The maximum atomic E-state index is 9.78. The van der Waals surface area contributed by atoms with Crippen molar-refractivity contribution < 1.29 is 0 Å². The molecule has 0 saturated carbocycles. The third-order valence-corrected chi connectivity index (χ3v) is 10.2. The first-order valence-electron chi connectivity index (χ1n) is 16.9. The number of pyridine rings is 1. The van der Waals surface area contributed by atoms with Crippen LogP contribution in [0, 0.1) is 11.3 Å². The molecule has 230 valence electrons. The molecule has 2 nitrogen and oxygen atoms in total. The highest BCUT2D eigenvalue weighted by Gasteiger charge is 2.19. The van der Waals surface area contributed by atoms with Crippen molar-refractivity contribution in [2.24, 2.45) is 0 Å². The number of rotatable bonds is 3. The van der Waals surface area contributed by atoms with Crippen LogP contribution in [0.3, 0.4) is 0 Å². The molecule has 50 heavy (non-hydrogen) atoms. The van der Waals surface area contributed by atoms with Crippen molar-refractivity contribution in [3.63, 3.8) is 0 Å². The zero-order chi connectivity index (χ0) is 33.2. The normalized spacial score (nSPS) is 11.6. The van der Waals surface area contributed by atoms with Crippen molar-refractivity contribution in [1.82, 2.24) is 4.98 Å². The molecule has 0 aliphatic rings. The Morgan fingerprint density at radius 3 is 1.40 bits per heavy atom. The van der Waals surface area contributed by atoms with Crippen molar-refractivity contribution >= 4 is 64.8 Å². The van der Waals surface area contributed by atoms with E-state index in [1.54, 1.807) is 0 Å². The summed E-state index contributed by atoms with van der Waals surface area (Å²) in [6.45, 7) is 0. The lowest BCUT2D eigenvalue weighted by atomic mass is 9.86. The molecule has 0 aliphatic carbocycles. The Balaban J connectivity index is 1.39. The molecule has 0 saturated heterocycles. The maximum Gasteiger partial charge on any atom is 0.0991 e. The molecule has 0 radical (unpaired) electrons. The van der Waals surface area contributed by atoms with E-state index in [1.165, 1.54) is 54.2 Å². The maximum absolute atomic E-state index is 9.78. The van der Waals surface area contributed by atoms with Gasteiger partial charge >= 0.3 is 0 Å². The molecule has 1 aromatic heterocycles. The van der Waals surface area contributed by atoms with Crippen LogP contribution >= 0.6 is 0 Å². The SMILES string of the molecule is N#Cc1cccc(-c2cc(-c3cc4ccccc4c4ccccc34)c3cc(-c4cc5ccccc5c5ccccc45)c4ccccc4c3n2)c1. The molecular weight excluding hydrogens is 605 g/mol. The number of aromatic nitrogens is 1. The summed E-state index contributed by atoms with van der Waals surface area (Å²) in [5.74, 6) is 0. The molecule has 0 fully saturated rings. The van der Waals surface area contributed by atoms with Gasteiger partial charge in [0.05, 0.1) is 22.8 Å². The summed E-state index contributed by atoms with van der Waals surface area (Å²) in [5, 5.41) is 22.9. The minimum atomic E-state index is 0.616. The second-order valence-electron chi connectivity index (χ2n) is 13.0. The van der Waals surface area contributed by atoms with Gasteiger partial charge in [0.2, 0.25) is 0 Å². The van der Waals surface area contributed by atoms with Crippen LogP contribution < -0.4 is 0 Å². The van der Waals surface area contributed by atoms with E-state index in [4.69, 9.17) is 4.98 Å². The second kappa shape index (κ2) is 11.1. The molecule has 10 rings (SSSR count). The molecule has 0 N–H and O–H groups in total. The van der Waals surface area contributed by atoms with Crippen LogP contribution in [0.1, 0.15) is 5.56 Å². The largest absolute Gasteiger partial charge is 0.247 e. The molecule has 0 amide bonds. The lowest BCUT2D eigenvalue weighted by molar-refractivity contribution is 1.40. The highest BCUT2D eigenvalue weighted by atomic mass is 14.7. The van der Waals surface area contributed by atoms with Gasteiger partial charge in [0, 0.05) is 16.3 Å². The van der Waals surface area contributed by atoms with Crippen molar-refractivity contribution in [1.29, 1.82) is 5.26 Å². The Hall–Kier alpha value is -6.82. The first-order chi connectivity index (χ1) is 24.7. The summed E-state index contributed by atoms with van der Waals surface area (Å²) in [6, 6.07) is 62.8. The van der Waals surface area contributed by atoms with Crippen molar-refractivity contribution in [2.75, 3.05) is 0 Å².